The number of rotatable bonds is 8. The number of amides is 1. The Morgan fingerprint density at radius 2 is 1.77 bits per heavy atom. The highest BCUT2D eigenvalue weighted by molar-refractivity contribution is 5.96. The van der Waals surface area contributed by atoms with Crippen LogP contribution in [0.4, 0.5) is 0 Å². The predicted molar refractivity (Wildman–Crippen MR) is 82.9 cm³/mol. The third-order valence-corrected chi connectivity index (χ3v) is 2.84. The molecule has 5 nitrogen and oxygen atoms in total. The summed E-state index contributed by atoms with van der Waals surface area (Å²) >= 11 is 0. The zero-order valence-electron chi connectivity index (χ0n) is 13.0. The average Bonchev–Trinajstić information content (AvgIpc) is 2.45. The van der Waals surface area contributed by atoms with Crippen LogP contribution in [0.5, 0.6) is 0 Å². The summed E-state index contributed by atoms with van der Waals surface area (Å²) in [5.41, 5.74) is 0.993. The molecule has 0 fully saturated rings. The molecule has 0 bridgehead atoms. The lowest BCUT2D eigenvalue weighted by Crippen LogP contribution is -2.31. The number of carbonyl (C=O) groups excluding carboxylic acids is 3. The van der Waals surface area contributed by atoms with E-state index in [2.05, 4.69) is 0 Å². The van der Waals surface area contributed by atoms with E-state index in [0.717, 1.165) is 5.56 Å². The second kappa shape index (κ2) is 9.50. The van der Waals surface area contributed by atoms with Crippen molar-refractivity contribution >= 4 is 17.7 Å². The van der Waals surface area contributed by atoms with E-state index in [-0.39, 0.29) is 30.7 Å². The Bertz CT molecular complexity index is 537. The largest absolute Gasteiger partial charge is 0.462 e. The van der Waals surface area contributed by atoms with E-state index in [1.807, 2.05) is 30.3 Å². The molecule has 118 valence electrons. The third-order valence-electron chi connectivity index (χ3n) is 2.84. The molecule has 1 aromatic carbocycles. The molecular weight excluding hydrogens is 282 g/mol. The fourth-order valence-electron chi connectivity index (χ4n) is 1.82. The van der Waals surface area contributed by atoms with Gasteiger partial charge in [0.05, 0.1) is 6.42 Å². The van der Waals surface area contributed by atoms with Crippen molar-refractivity contribution in [3.63, 3.8) is 0 Å². The minimum absolute atomic E-state index is 0.107. The molecule has 0 spiro atoms. The molecule has 0 N–H and O–H groups in total. The fourth-order valence-corrected chi connectivity index (χ4v) is 1.82. The normalized spacial score (nSPS) is 10.5. The molecule has 1 rings (SSSR count). The molecule has 22 heavy (non-hydrogen) atoms. The first-order valence-corrected chi connectivity index (χ1v) is 7.08. The van der Waals surface area contributed by atoms with Crippen molar-refractivity contribution in [2.75, 3.05) is 13.2 Å². The molecule has 0 saturated heterocycles. The van der Waals surface area contributed by atoms with E-state index in [9.17, 15) is 14.4 Å². The number of hydrogen-bond acceptors (Lipinski definition) is 4. The number of ketones is 1. The Morgan fingerprint density at radius 3 is 2.36 bits per heavy atom. The van der Waals surface area contributed by atoms with Crippen molar-refractivity contribution in [3.8, 4) is 0 Å². The van der Waals surface area contributed by atoms with Gasteiger partial charge in [-0.15, -0.1) is 0 Å². The number of hydrogen-bond donors (Lipinski definition) is 0. The van der Waals surface area contributed by atoms with Gasteiger partial charge < -0.3 is 9.64 Å². The maximum Gasteiger partial charge on any atom is 0.302 e. The van der Waals surface area contributed by atoms with Crippen LogP contribution >= 0.6 is 0 Å². The molecule has 5 heteroatoms. The SMILES string of the molecule is CC(=O)CC(=O)N(C/C=C\COC(C)=O)Cc1ccccc1. The van der Waals surface area contributed by atoms with Gasteiger partial charge in [-0.3, -0.25) is 14.4 Å². The maximum absolute atomic E-state index is 12.1. The number of ether oxygens (including phenoxy) is 1. The predicted octanol–water partition coefficient (Wildman–Crippen LogP) is 2.11. The second-order valence-corrected chi connectivity index (χ2v) is 4.91. The zero-order chi connectivity index (χ0) is 16.4. The van der Waals surface area contributed by atoms with Crippen molar-refractivity contribution < 1.29 is 19.1 Å². The standard InChI is InChI=1S/C17H21NO4/c1-14(19)12-17(21)18(10-6-7-11-22-15(2)20)13-16-8-4-3-5-9-16/h3-9H,10-13H2,1-2H3/b7-6-. The smallest absolute Gasteiger partial charge is 0.302 e. The van der Waals surface area contributed by atoms with Crippen molar-refractivity contribution in [1.82, 2.24) is 4.90 Å². The minimum atomic E-state index is -0.349. The monoisotopic (exact) mass is 303 g/mol. The molecule has 0 radical (unpaired) electrons. The van der Waals surface area contributed by atoms with Crippen LogP contribution in [0, 0.1) is 0 Å². The molecule has 0 heterocycles. The summed E-state index contributed by atoms with van der Waals surface area (Å²) in [5, 5.41) is 0. The van der Waals surface area contributed by atoms with Crippen molar-refractivity contribution in [3.05, 3.63) is 48.0 Å². The Kier molecular flexibility index (Phi) is 7.61. The summed E-state index contributed by atoms with van der Waals surface area (Å²) in [6, 6.07) is 9.57. The Balaban J connectivity index is 2.63. The van der Waals surface area contributed by atoms with Crippen molar-refractivity contribution in [1.29, 1.82) is 0 Å². The van der Waals surface area contributed by atoms with Gasteiger partial charge in [0.2, 0.25) is 5.91 Å². The lowest BCUT2D eigenvalue weighted by molar-refractivity contribution is -0.140. The summed E-state index contributed by atoms with van der Waals surface area (Å²) in [6.07, 6.45) is 3.33. The molecule has 0 aliphatic rings. The van der Waals surface area contributed by atoms with Crippen LogP contribution in [0.3, 0.4) is 0 Å². The number of Topliss-reactive ketones (excluding diaryl/α,β-unsaturated/α-hetero) is 1. The van der Waals surface area contributed by atoms with Crippen molar-refractivity contribution in [2.24, 2.45) is 0 Å². The molecule has 1 aromatic rings. The van der Waals surface area contributed by atoms with Crippen LogP contribution in [0.1, 0.15) is 25.8 Å². The van der Waals surface area contributed by atoms with Crippen LogP contribution in [-0.2, 0) is 25.7 Å². The van der Waals surface area contributed by atoms with Crippen LogP contribution in [0.2, 0.25) is 0 Å². The lowest BCUT2D eigenvalue weighted by Gasteiger charge is -2.21. The molecule has 0 aromatic heterocycles. The molecular formula is C17H21NO4. The Labute approximate surface area is 130 Å². The maximum atomic E-state index is 12.1. The number of esters is 1. The van der Waals surface area contributed by atoms with E-state index >= 15 is 0 Å². The van der Waals surface area contributed by atoms with E-state index in [0.29, 0.717) is 13.1 Å². The van der Waals surface area contributed by atoms with E-state index in [4.69, 9.17) is 4.74 Å². The molecule has 1 amide bonds. The van der Waals surface area contributed by atoms with Crippen LogP contribution in [0.15, 0.2) is 42.5 Å². The first-order valence-electron chi connectivity index (χ1n) is 7.08. The zero-order valence-corrected chi connectivity index (χ0v) is 13.0. The first-order chi connectivity index (χ1) is 10.5. The molecule has 0 aliphatic heterocycles. The van der Waals surface area contributed by atoms with E-state index < -0.39 is 0 Å². The average molecular weight is 303 g/mol. The minimum Gasteiger partial charge on any atom is -0.462 e. The highest BCUT2D eigenvalue weighted by Gasteiger charge is 2.14. The van der Waals surface area contributed by atoms with Gasteiger partial charge in [-0.2, -0.15) is 0 Å². The van der Waals surface area contributed by atoms with Crippen molar-refractivity contribution in [2.45, 2.75) is 26.8 Å². The number of nitrogens with zero attached hydrogens (tertiary/aromatic N) is 1. The highest BCUT2D eigenvalue weighted by atomic mass is 16.5. The van der Waals surface area contributed by atoms with Gasteiger partial charge in [-0.05, 0) is 18.6 Å². The quantitative estimate of drug-likeness (QED) is 0.419. The van der Waals surface area contributed by atoms with Gasteiger partial charge in [-0.1, -0.05) is 36.4 Å². The molecule has 0 unspecified atom stereocenters. The van der Waals surface area contributed by atoms with E-state index in [1.54, 1.807) is 17.1 Å². The van der Waals surface area contributed by atoms with E-state index in [1.165, 1.54) is 13.8 Å². The van der Waals surface area contributed by atoms with Crippen LogP contribution < -0.4 is 0 Å². The van der Waals surface area contributed by atoms with Gasteiger partial charge in [0, 0.05) is 20.0 Å². The van der Waals surface area contributed by atoms with Gasteiger partial charge >= 0.3 is 5.97 Å². The van der Waals surface area contributed by atoms with Gasteiger partial charge in [0.1, 0.15) is 12.4 Å². The van der Waals surface area contributed by atoms with Gasteiger partial charge in [0.15, 0.2) is 0 Å². The Hall–Kier alpha value is -2.43. The molecule has 0 aliphatic carbocycles. The fraction of sp³-hybridized carbons (Fsp3) is 0.353. The number of carbonyl (C=O) groups is 3. The summed E-state index contributed by atoms with van der Waals surface area (Å²) in [5.74, 6) is -0.723. The third kappa shape index (κ3) is 7.38. The summed E-state index contributed by atoms with van der Waals surface area (Å²) in [7, 11) is 0. The van der Waals surface area contributed by atoms with Gasteiger partial charge in [0.25, 0.3) is 0 Å². The van der Waals surface area contributed by atoms with Crippen LogP contribution in [-0.4, -0.2) is 35.7 Å². The second-order valence-electron chi connectivity index (χ2n) is 4.91. The highest BCUT2D eigenvalue weighted by Crippen LogP contribution is 2.06. The summed E-state index contributed by atoms with van der Waals surface area (Å²) < 4.78 is 4.78. The first kappa shape index (κ1) is 17.6. The summed E-state index contributed by atoms with van der Waals surface area (Å²) in [4.78, 5) is 35.5. The number of benzene rings is 1. The molecule has 0 atom stereocenters. The topological polar surface area (TPSA) is 63.7 Å². The lowest BCUT2D eigenvalue weighted by atomic mass is 10.2. The van der Waals surface area contributed by atoms with Crippen LogP contribution in [0.25, 0.3) is 0 Å². The van der Waals surface area contributed by atoms with Gasteiger partial charge in [-0.25, -0.2) is 0 Å². The summed E-state index contributed by atoms with van der Waals surface area (Å²) in [6.45, 7) is 3.71. The molecule has 0 saturated carbocycles. The Morgan fingerprint density at radius 1 is 1.09 bits per heavy atom.